The Morgan fingerprint density at radius 2 is 1.86 bits per heavy atom. The van der Waals surface area contributed by atoms with Crippen LogP contribution in [0.2, 0.25) is 0 Å². The molecule has 0 fully saturated rings. The highest BCUT2D eigenvalue weighted by atomic mass is 19.1. The second-order valence-corrected chi connectivity index (χ2v) is 4.79. The Balaban J connectivity index is 2.10. The molecule has 0 aliphatic rings. The summed E-state index contributed by atoms with van der Waals surface area (Å²) in [5.41, 5.74) is 1.78. The van der Waals surface area contributed by atoms with Crippen molar-refractivity contribution >= 4 is 10.8 Å². The molecule has 1 aromatic heterocycles. The summed E-state index contributed by atoms with van der Waals surface area (Å²) in [5, 5.41) is 4.66. The summed E-state index contributed by atoms with van der Waals surface area (Å²) in [4.78, 5) is 8.90. The Morgan fingerprint density at radius 1 is 1.05 bits per heavy atom. The second-order valence-electron chi connectivity index (χ2n) is 4.79. The minimum Gasteiger partial charge on any atom is -0.311 e. The maximum Gasteiger partial charge on any atom is 0.160 e. The van der Waals surface area contributed by atoms with E-state index in [9.17, 15) is 4.39 Å². The van der Waals surface area contributed by atoms with Gasteiger partial charge in [-0.05, 0) is 30.1 Å². The van der Waals surface area contributed by atoms with E-state index in [0.29, 0.717) is 17.8 Å². The molecule has 4 heteroatoms. The Hall–Kier alpha value is -2.33. The molecule has 0 saturated heterocycles. The molecule has 21 heavy (non-hydrogen) atoms. The van der Waals surface area contributed by atoms with Gasteiger partial charge in [0.1, 0.15) is 5.82 Å². The van der Waals surface area contributed by atoms with E-state index in [1.54, 1.807) is 18.3 Å². The average molecular weight is 281 g/mol. The lowest BCUT2D eigenvalue weighted by molar-refractivity contribution is 0.640. The van der Waals surface area contributed by atoms with E-state index in [4.69, 9.17) is 0 Å². The SMILES string of the molecule is CCNCc1ccnc(-c2ccc(F)c3ccccc23)n1. The van der Waals surface area contributed by atoms with E-state index in [1.165, 1.54) is 6.07 Å². The molecular formula is C17H16FN3. The summed E-state index contributed by atoms with van der Waals surface area (Å²) in [7, 11) is 0. The van der Waals surface area contributed by atoms with Crippen molar-refractivity contribution in [3.8, 4) is 11.4 Å². The van der Waals surface area contributed by atoms with Gasteiger partial charge in [0.05, 0.1) is 5.69 Å². The number of halogens is 1. The first-order valence-corrected chi connectivity index (χ1v) is 7.00. The largest absolute Gasteiger partial charge is 0.311 e. The molecule has 0 aliphatic heterocycles. The Kier molecular flexibility index (Phi) is 3.88. The zero-order valence-corrected chi connectivity index (χ0v) is 11.8. The first kappa shape index (κ1) is 13.6. The van der Waals surface area contributed by atoms with Gasteiger partial charge in [0.15, 0.2) is 5.82 Å². The van der Waals surface area contributed by atoms with Crippen molar-refractivity contribution in [1.29, 1.82) is 0 Å². The molecule has 0 bridgehead atoms. The monoisotopic (exact) mass is 281 g/mol. The highest BCUT2D eigenvalue weighted by molar-refractivity contribution is 5.95. The summed E-state index contributed by atoms with van der Waals surface area (Å²) in [6.07, 6.45) is 1.74. The predicted molar refractivity (Wildman–Crippen MR) is 82.3 cm³/mol. The number of hydrogen-bond donors (Lipinski definition) is 1. The predicted octanol–water partition coefficient (Wildman–Crippen LogP) is 3.55. The standard InChI is InChI=1S/C17H16FN3/c1-2-19-11-12-9-10-20-17(21-12)15-7-8-16(18)14-6-4-3-5-13(14)15/h3-10,19H,2,11H2,1H3. The summed E-state index contributed by atoms with van der Waals surface area (Å²) < 4.78 is 13.9. The van der Waals surface area contributed by atoms with Crippen LogP contribution in [0.15, 0.2) is 48.7 Å². The van der Waals surface area contributed by atoms with E-state index in [2.05, 4.69) is 22.2 Å². The molecule has 0 spiro atoms. The Bertz CT molecular complexity index is 771. The quantitative estimate of drug-likeness (QED) is 0.794. The molecule has 0 amide bonds. The maximum absolute atomic E-state index is 13.9. The summed E-state index contributed by atoms with van der Waals surface area (Å²) in [6, 6.07) is 12.5. The molecule has 0 saturated carbocycles. The van der Waals surface area contributed by atoms with Gasteiger partial charge in [-0.1, -0.05) is 31.2 Å². The normalized spacial score (nSPS) is 11.0. The van der Waals surface area contributed by atoms with Crippen LogP contribution in [0.1, 0.15) is 12.6 Å². The van der Waals surface area contributed by atoms with Gasteiger partial charge in [-0.25, -0.2) is 14.4 Å². The maximum atomic E-state index is 13.9. The van der Waals surface area contributed by atoms with Crippen LogP contribution in [-0.4, -0.2) is 16.5 Å². The van der Waals surface area contributed by atoms with E-state index < -0.39 is 0 Å². The van der Waals surface area contributed by atoms with Crippen molar-refractivity contribution in [1.82, 2.24) is 15.3 Å². The van der Waals surface area contributed by atoms with Gasteiger partial charge in [0, 0.05) is 23.7 Å². The van der Waals surface area contributed by atoms with Gasteiger partial charge in [-0.3, -0.25) is 0 Å². The topological polar surface area (TPSA) is 37.8 Å². The van der Waals surface area contributed by atoms with Gasteiger partial charge in [-0.2, -0.15) is 0 Å². The number of benzene rings is 2. The Labute approximate surface area is 122 Å². The third-order valence-corrected chi connectivity index (χ3v) is 3.38. The van der Waals surface area contributed by atoms with E-state index in [1.807, 2.05) is 24.3 Å². The molecule has 0 radical (unpaired) electrons. The fourth-order valence-corrected chi connectivity index (χ4v) is 2.33. The summed E-state index contributed by atoms with van der Waals surface area (Å²) in [6.45, 7) is 3.64. The van der Waals surface area contributed by atoms with E-state index in [-0.39, 0.29) is 5.82 Å². The first-order chi connectivity index (χ1) is 10.3. The minimum atomic E-state index is -0.224. The molecule has 3 rings (SSSR count). The average Bonchev–Trinajstić information content (AvgIpc) is 2.54. The van der Waals surface area contributed by atoms with Gasteiger partial charge >= 0.3 is 0 Å². The molecular weight excluding hydrogens is 265 g/mol. The molecule has 106 valence electrons. The second kappa shape index (κ2) is 5.97. The van der Waals surface area contributed by atoms with E-state index in [0.717, 1.165) is 23.2 Å². The number of rotatable bonds is 4. The smallest absolute Gasteiger partial charge is 0.160 e. The number of nitrogens with zero attached hydrogens (tertiary/aromatic N) is 2. The lowest BCUT2D eigenvalue weighted by atomic mass is 10.0. The highest BCUT2D eigenvalue weighted by Gasteiger charge is 2.09. The van der Waals surface area contributed by atoms with Crippen molar-refractivity contribution in [2.24, 2.45) is 0 Å². The van der Waals surface area contributed by atoms with Crippen molar-refractivity contribution in [2.45, 2.75) is 13.5 Å². The van der Waals surface area contributed by atoms with Crippen LogP contribution < -0.4 is 5.32 Å². The molecule has 0 unspecified atom stereocenters. The third-order valence-electron chi connectivity index (χ3n) is 3.38. The molecule has 0 aliphatic carbocycles. The number of aromatic nitrogens is 2. The fraction of sp³-hybridized carbons (Fsp3) is 0.176. The van der Waals surface area contributed by atoms with Gasteiger partial charge in [-0.15, -0.1) is 0 Å². The molecule has 1 heterocycles. The highest BCUT2D eigenvalue weighted by Crippen LogP contribution is 2.28. The van der Waals surface area contributed by atoms with Crippen LogP contribution in [0.25, 0.3) is 22.2 Å². The van der Waals surface area contributed by atoms with Crippen molar-refractivity contribution in [2.75, 3.05) is 6.54 Å². The van der Waals surface area contributed by atoms with Crippen LogP contribution in [-0.2, 0) is 6.54 Å². The first-order valence-electron chi connectivity index (χ1n) is 7.00. The third kappa shape index (κ3) is 2.76. The van der Waals surface area contributed by atoms with Gasteiger partial charge < -0.3 is 5.32 Å². The zero-order valence-electron chi connectivity index (χ0n) is 11.8. The van der Waals surface area contributed by atoms with Crippen LogP contribution in [0.3, 0.4) is 0 Å². The van der Waals surface area contributed by atoms with Crippen LogP contribution in [0.5, 0.6) is 0 Å². The van der Waals surface area contributed by atoms with Crippen LogP contribution in [0, 0.1) is 5.82 Å². The van der Waals surface area contributed by atoms with Crippen LogP contribution in [0.4, 0.5) is 4.39 Å². The molecule has 0 atom stereocenters. The lowest BCUT2D eigenvalue weighted by Gasteiger charge is -2.08. The minimum absolute atomic E-state index is 0.224. The van der Waals surface area contributed by atoms with Gasteiger partial charge in [0.2, 0.25) is 0 Å². The fourth-order valence-electron chi connectivity index (χ4n) is 2.33. The van der Waals surface area contributed by atoms with Crippen molar-refractivity contribution < 1.29 is 4.39 Å². The number of nitrogens with one attached hydrogen (secondary N) is 1. The lowest BCUT2D eigenvalue weighted by Crippen LogP contribution is -2.13. The number of hydrogen-bond acceptors (Lipinski definition) is 3. The molecule has 2 aromatic carbocycles. The van der Waals surface area contributed by atoms with Gasteiger partial charge in [0.25, 0.3) is 0 Å². The Morgan fingerprint density at radius 3 is 2.67 bits per heavy atom. The molecule has 3 nitrogen and oxygen atoms in total. The zero-order chi connectivity index (χ0) is 14.7. The molecule has 3 aromatic rings. The number of fused-ring (bicyclic) bond motifs is 1. The summed E-state index contributed by atoms with van der Waals surface area (Å²) in [5.74, 6) is 0.403. The van der Waals surface area contributed by atoms with Crippen molar-refractivity contribution in [3.05, 3.63) is 60.2 Å². The summed E-state index contributed by atoms with van der Waals surface area (Å²) >= 11 is 0. The molecule has 1 N–H and O–H groups in total. The van der Waals surface area contributed by atoms with Crippen molar-refractivity contribution in [3.63, 3.8) is 0 Å². The van der Waals surface area contributed by atoms with E-state index >= 15 is 0 Å². The van der Waals surface area contributed by atoms with Crippen LogP contribution >= 0.6 is 0 Å².